The van der Waals surface area contributed by atoms with Crippen molar-refractivity contribution in [3.8, 4) is 11.5 Å². The summed E-state index contributed by atoms with van der Waals surface area (Å²) in [4.78, 5) is 25.6. The number of carbonyl (C=O) groups excluding carboxylic acids is 2. The van der Waals surface area contributed by atoms with E-state index >= 15 is 0 Å². The molecule has 3 N–H and O–H groups in total. The molecule has 1 unspecified atom stereocenters. The Hall–Kier alpha value is -2.74. The minimum atomic E-state index is -0.380. The van der Waals surface area contributed by atoms with Crippen LogP contribution < -0.4 is 25.0 Å². The van der Waals surface area contributed by atoms with Gasteiger partial charge in [0.15, 0.2) is 11.5 Å². The maximum Gasteiger partial charge on any atom is 0.338 e. The summed E-state index contributed by atoms with van der Waals surface area (Å²) in [6, 6.07) is 5.25. The fraction of sp³-hybridized carbons (Fsp3) is 0.524. The second kappa shape index (κ2) is 10.7. The average Bonchev–Trinajstić information content (AvgIpc) is 2.71. The van der Waals surface area contributed by atoms with Crippen LogP contribution >= 0.6 is 0 Å². The van der Waals surface area contributed by atoms with Crippen molar-refractivity contribution in [2.75, 3.05) is 41.0 Å². The Kier molecular flexibility index (Phi) is 8.33. The van der Waals surface area contributed by atoms with Gasteiger partial charge in [0, 0.05) is 6.42 Å². The highest BCUT2D eigenvalue weighted by Gasteiger charge is 2.32. The number of rotatable bonds is 10. The molecule has 1 heterocycles. The van der Waals surface area contributed by atoms with Gasteiger partial charge in [0.25, 0.3) is 0 Å². The lowest BCUT2D eigenvalue weighted by Gasteiger charge is -2.29. The smallest absolute Gasteiger partial charge is 0.338 e. The standard InChI is InChI=1S/C21H31N3O5/c1-6-15-19(20(25)29-7-2)16(23-21(26)22-15)13-24(3)11-10-14-8-9-17(27-4)18(12-14)28-5/h8-9,12,15H,6-7,10-11,13H2,1-5H3,(H2,22,23,26)/p+1/t15-/m1/s1. The fourth-order valence-corrected chi connectivity index (χ4v) is 3.39. The SMILES string of the molecule is CCOC(=O)C1=C(C[NH+](C)CCc2ccc(OC)c(OC)c2)NC(=O)N[C@@H]1CC. The molecule has 29 heavy (non-hydrogen) atoms. The van der Waals surface area contributed by atoms with Gasteiger partial charge in [0.1, 0.15) is 6.54 Å². The van der Waals surface area contributed by atoms with E-state index in [0.29, 0.717) is 42.3 Å². The molecule has 2 amide bonds. The van der Waals surface area contributed by atoms with Crippen LogP contribution in [0.15, 0.2) is 29.5 Å². The van der Waals surface area contributed by atoms with Gasteiger partial charge in [-0.2, -0.15) is 0 Å². The van der Waals surface area contributed by atoms with Crippen molar-refractivity contribution in [3.05, 3.63) is 35.0 Å². The maximum absolute atomic E-state index is 12.5. The number of methoxy groups -OCH3 is 2. The third-order valence-electron chi connectivity index (χ3n) is 4.91. The Morgan fingerprint density at radius 1 is 1.17 bits per heavy atom. The lowest BCUT2D eigenvalue weighted by molar-refractivity contribution is -0.874. The van der Waals surface area contributed by atoms with Crippen molar-refractivity contribution in [2.45, 2.75) is 32.7 Å². The second-order valence-corrected chi connectivity index (χ2v) is 7.00. The van der Waals surface area contributed by atoms with E-state index < -0.39 is 0 Å². The molecule has 0 aliphatic carbocycles. The molecule has 0 fully saturated rings. The number of hydrogen-bond acceptors (Lipinski definition) is 5. The van der Waals surface area contributed by atoms with Crippen LogP contribution in [0.4, 0.5) is 4.79 Å². The van der Waals surface area contributed by atoms with E-state index in [1.807, 2.05) is 32.2 Å². The molecule has 0 spiro atoms. The first kappa shape index (κ1) is 22.5. The molecule has 160 valence electrons. The first-order valence-electron chi connectivity index (χ1n) is 9.93. The van der Waals surface area contributed by atoms with E-state index in [2.05, 4.69) is 10.6 Å². The number of ether oxygens (including phenoxy) is 3. The number of quaternary nitrogens is 1. The van der Waals surface area contributed by atoms with Gasteiger partial charge >= 0.3 is 12.0 Å². The Bertz CT molecular complexity index is 763. The molecule has 1 aliphatic rings. The Balaban J connectivity index is 2.10. The van der Waals surface area contributed by atoms with Gasteiger partial charge in [-0.05, 0) is 31.0 Å². The molecule has 1 aromatic carbocycles. The van der Waals surface area contributed by atoms with Gasteiger partial charge in [0.05, 0.1) is 51.7 Å². The number of esters is 1. The first-order valence-corrected chi connectivity index (χ1v) is 9.93. The summed E-state index contributed by atoms with van der Waals surface area (Å²) in [6.07, 6.45) is 1.44. The average molecular weight is 407 g/mol. The zero-order valence-electron chi connectivity index (χ0n) is 17.9. The van der Waals surface area contributed by atoms with Gasteiger partial charge in [0.2, 0.25) is 0 Å². The third-order valence-corrected chi connectivity index (χ3v) is 4.91. The molecule has 1 aromatic rings. The molecule has 8 heteroatoms. The van der Waals surface area contributed by atoms with Crippen LogP contribution in [-0.2, 0) is 16.0 Å². The fourth-order valence-electron chi connectivity index (χ4n) is 3.39. The van der Waals surface area contributed by atoms with Crippen molar-refractivity contribution in [1.82, 2.24) is 10.6 Å². The summed E-state index contributed by atoms with van der Waals surface area (Å²) in [7, 11) is 5.26. The summed E-state index contributed by atoms with van der Waals surface area (Å²) in [6.45, 7) is 5.33. The Morgan fingerprint density at radius 3 is 2.52 bits per heavy atom. The van der Waals surface area contributed by atoms with E-state index in [4.69, 9.17) is 14.2 Å². The molecule has 0 radical (unpaired) electrons. The first-order chi connectivity index (χ1) is 13.9. The van der Waals surface area contributed by atoms with Gasteiger partial charge in [-0.15, -0.1) is 0 Å². The summed E-state index contributed by atoms with van der Waals surface area (Å²) in [5.41, 5.74) is 2.27. The zero-order chi connectivity index (χ0) is 21.4. The highest BCUT2D eigenvalue weighted by atomic mass is 16.5. The van der Waals surface area contributed by atoms with E-state index in [9.17, 15) is 9.59 Å². The van der Waals surface area contributed by atoms with Crippen LogP contribution in [0.1, 0.15) is 25.8 Å². The van der Waals surface area contributed by atoms with E-state index in [1.165, 1.54) is 0 Å². The molecule has 2 rings (SSSR count). The van der Waals surface area contributed by atoms with Gasteiger partial charge in [-0.25, -0.2) is 9.59 Å². The topological polar surface area (TPSA) is 90.3 Å². The summed E-state index contributed by atoms with van der Waals surface area (Å²) in [5.74, 6) is 1.02. The maximum atomic E-state index is 12.5. The van der Waals surface area contributed by atoms with Crippen LogP contribution in [-0.4, -0.2) is 59.0 Å². The minimum absolute atomic E-state index is 0.285. The molecular weight excluding hydrogens is 374 g/mol. The van der Waals surface area contributed by atoms with Gasteiger partial charge in [-0.1, -0.05) is 13.0 Å². The van der Waals surface area contributed by atoms with Crippen LogP contribution in [0.3, 0.4) is 0 Å². The van der Waals surface area contributed by atoms with Crippen LogP contribution in [0.5, 0.6) is 11.5 Å². The van der Waals surface area contributed by atoms with Crippen LogP contribution in [0, 0.1) is 0 Å². The molecule has 0 saturated heterocycles. The highest BCUT2D eigenvalue weighted by molar-refractivity contribution is 5.94. The predicted octanol–water partition coefficient (Wildman–Crippen LogP) is 0.670. The van der Waals surface area contributed by atoms with Crippen molar-refractivity contribution in [1.29, 1.82) is 0 Å². The monoisotopic (exact) mass is 406 g/mol. The lowest BCUT2D eigenvalue weighted by Crippen LogP contribution is -3.09. The molecule has 1 aliphatic heterocycles. The quantitative estimate of drug-likeness (QED) is 0.497. The number of hydrogen-bond donors (Lipinski definition) is 3. The molecule has 0 aromatic heterocycles. The number of nitrogens with one attached hydrogen (secondary N) is 3. The number of urea groups is 1. The van der Waals surface area contributed by atoms with Crippen molar-refractivity contribution in [3.63, 3.8) is 0 Å². The van der Waals surface area contributed by atoms with Crippen molar-refractivity contribution in [2.24, 2.45) is 0 Å². The summed E-state index contributed by atoms with van der Waals surface area (Å²) in [5, 5.41) is 5.60. The van der Waals surface area contributed by atoms with Crippen LogP contribution in [0.2, 0.25) is 0 Å². The van der Waals surface area contributed by atoms with Crippen molar-refractivity contribution < 1.29 is 28.7 Å². The lowest BCUT2D eigenvalue weighted by atomic mass is 10.00. The van der Waals surface area contributed by atoms with E-state index in [1.54, 1.807) is 21.1 Å². The van der Waals surface area contributed by atoms with E-state index in [-0.39, 0.29) is 18.0 Å². The minimum Gasteiger partial charge on any atom is -0.493 e. The Labute approximate surface area is 172 Å². The number of carbonyl (C=O) groups is 2. The van der Waals surface area contributed by atoms with Crippen molar-refractivity contribution >= 4 is 12.0 Å². The molecule has 2 atom stereocenters. The second-order valence-electron chi connectivity index (χ2n) is 7.00. The van der Waals surface area contributed by atoms with E-state index in [0.717, 1.165) is 23.4 Å². The highest BCUT2D eigenvalue weighted by Crippen LogP contribution is 2.27. The largest absolute Gasteiger partial charge is 0.493 e. The summed E-state index contributed by atoms with van der Waals surface area (Å²) < 4.78 is 15.8. The Morgan fingerprint density at radius 2 is 1.90 bits per heavy atom. The zero-order valence-corrected chi connectivity index (χ0v) is 17.9. The predicted molar refractivity (Wildman–Crippen MR) is 109 cm³/mol. The normalized spacial score (nSPS) is 17.3. The van der Waals surface area contributed by atoms with Gasteiger partial charge < -0.3 is 29.7 Å². The van der Waals surface area contributed by atoms with Gasteiger partial charge in [-0.3, -0.25) is 0 Å². The van der Waals surface area contributed by atoms with Crippen LogP contribution in [0.25, 0.3) is 0 Å². The molecule has 8 nitrogen and oxygen atoms in total. The number of benzene rings is 1. The number of likely N-dealkylation sites (N-methyl/N-ethyl adjacent to an activating group) is 1. The molecule has 0 saturated carbocycles. The number of amides is 2. The molecular formula is C21H32N3O5+. The summed E-state index contributed by atoms with van der Waals surface area (Å²) >= 11 is 0. The molecule has 0 bridgehead atoms. The third kappa shape index (κ3) is 5.87.